The van der Waals surface area contributed by atoms with Crippen molar-refractivity contribution in [1.29, 1.82) is 0 Å². The molecule has 40 heavy (non-hydrogen) atoms. The van der Waals surface area contributed by atoms with Crippen LogP contribution in [-0.2, 0) is 25.7 Å². The number of ether oxygens (including phenoxy) is 3. The molecule has 8 heteroatoms. The Labute approximate surface area is 233 Å². The quantitative estimate of drug-likeness (QED) is 0.119. The first-order valence-corrected chi connectivity index (χ1v) is 13.2. The lowest BCUT2D eigenvalue weighted by atomic mass is 10.0. The van der Waals surface area contributed by atoms with Crippen LogP contribution in [0.3, 0.4) is 0 Å². The number of anilines is 2. The highest BCUT2D eigenvalue weighted by atomic mass is 16.6. The summed E-state index contributed by atoms with van der Waals surface area (Å²) in [5.74, 6) is -0.493. The second kappa shape index (κ2) is 13.9. The molecule has 1 N–H and O–H groups in total. The van der Waals surface area contributed by atoms with Gasteiger partial charge in [-0.25, -0.2) is 0 Å². The zero-order valence-electron chi connectivity index (χ0n) is 22.6. The maximum absolute atomic E-state index is 12.7. The second-order valence-electron chi connectivity index (χ2n) is 9.13. The summed E-state index contributed by atoms with van der Waals surface area (Å²) in [6, 6.07) is 22.7. The van der Waals surface area contributed by atoms with Gasteiger partial charge in [0.1, 0.15) is 31.1 Å². The number of pyridine rings is 1. The van der Waals surface area contributed by atoms with Gasteiger partial charge in [-0.3, -0.25) is 19.4 Å². The van der Waals surface area contributed by atoms with Gasteiger partial charge < -0.3 is 19.5 Å². The van der Waals surface area contributed by atoms with E-state index in [0.717, 1.165) is 22.2 Å². The predicted molar refractivity (Wildman–Crippen MR) is 153 cm³/mol. The molecule has 0 aliphatic heterocycles. The summed E-state index contributed by atoms with van der Waals surface area (Å²) < 4.78 is 16.3. The van der Waals surface area contributed by atoms with Crippen molar-refractivity contribution in [3.8, 4) is 5.75 Å². The smallest absolute Gasteiger partial charge is 0.306 e. The Morgan fingerprint density at radius 3 is 2.30 bits per heavy atom. The fraction of sp³-hybridized carbons (Fsp3) is 0.250. The first kappa shape index (κ1) is 28.3. The Balaban J connectivity index is 1.34. The van der Waals surface area contributed by atoms with Crippen molar-refractivity contribution in [2.24, 2.45) is 0 Å². The average molecular weight is 541 g/mol. The number of nitrogens with one attached hydrogen (secondary N) is 1. The number of nitrogens with zero attached hydrogens (tertiary/aromatic N) is 1. The van der Waals surface area contributed by atoms with Gasteiger partial charge in [-0.15, -0.1) is 0 Å². The van der Waals surface area contributed by atoms with Gasteiger partial charge in [0, 0.05) is 23.7 Å². The van der Waals surface area contributed by atoms with Crippen LogP contribution in [0.25, 0.3) is 10.9 Å². The van der Waals surface area contributed by atoms with Crippen LogP contribution >= 0.6 is 0 Å². The summed E-state index contributed by atoms with van der Waals surface area (Å²) in [6.07, 6.45) is 1.78. The van der Waals surface area contributed by atoms with E-state index in [9.17, 15) is 14.4 Å². The number of fused-ring (bicyclic) bond motifs is 1. The molecule has 0 fully saturated rings. The van der Waals surface area contributed by atoms with Crippen molar-refractivity contribution < 1.29 is 28.6 Å². The highest BCUT2D eigenvalue weighted by molar-refractivity contribution is 6.09. The third-order valence-electron chi connectivity index (χ3n) is 6.27. The van der Waals surface area contributed by atoms with Gasteiger partial charge in [-0.1, -0.05) is 67.6 Å². The number of esters is 2. The molecule has 4 rings (SSSR count). The van der Waals surface area contributed by atoms with Crippen molar-refractivity contribution in [1.82, 2.24) is 4.98 Å². The van der Waals surface area contributed by atoms with Crippen molar-refractivity contribution in [2.45, 2.75) is 39.7 Å². The number of carbonyl (C=O) groups excluding carboxylic acids is 3. The van der Waals surface area contributed by atoms with Gasteiger partial charge in [-0.2, -0.15) is 0 Å². The standard InChI is InChI=1S/C32H32N2O6/c1-3-27(35)25-20-33-32-24(31(25)34-26-14-8-7-10-22(26)2)13-9-15-28(32)38-18-19-39-29(36)16-17-30(37)40-21-23-11-5-4-6-12-23/h4-15,20H,3,16-19,21H2,1-2H3,(H,33,34). The van der Waals surface area contributed by atoms with Crippen molar-refractivity contribution >= 4 is 40.0 Å². The summed E-state index contributed by atoms with van der Waals surface area (Å²) in [5.41, 5.74) is 4.57. The monoisotopic (exact) mass is 540 g/mol. The molecule has 0 aliphatic carbocycles. The molecule has 0 radical (unpaired) electrons. The van der Waals surface area contributed by atoms with Crippen LogP contribution < -0.4 is 10.1 Å². The van der Waals surface area contributed by atoms with E-state index in [1.165, 1.54) is 0 Å². The number of aryl methyl sites for hydroxylation is 1. The Hall–Kier alpha value is -4.72. The Bertz CT molecular complexity index is 1490. The molecule has 0 bridgehead atoms. The van der Waals surface area contributed by atoms with Gasteiger partial charge >= 0.3 is 11.9 Å². The Morgan fingerprint density at radius 2 is 1.55 bits per heavy atom. The predicted octanol–water partition coefficient (Wildman–Crippen LogP) is 6.33. The van der Waals surface area contributed by atoms with Crippen molar-refractivity contribution in [3.05, 3.63) is 95.7 Å². The van der Waals surface area contributed by atoms with Crippen LogP contribution in [0, 0.1) is 6.92 Å². The third-order valence-corrected chi connectivity index (χ3v) is 6.27. The zero-order valence-corrected chi connectivity index (χ0v) is 22.6. The van der Waals surface area contributed by atoms with E-state index in [1.54, 1.807) is 12.3 Å². The van der Waals surface area contributed by atoms with Crippen LogP contribution in [-0.4, -0.2) is 35.9 Å². The number of carbonyl (C=O) groups is 3. The van der Waals surface area contributed by atoms with Gasteiger partial charge in [0.25, 0.3) is 0 Å². The minimum absolute atomic E-state index is 0.00893. The lowest BCUT2D eigenvalue weighted by Gasteiger charge is -2.17. The SMILES string of the molecule is CCC(=O)c1cnc2c(OCCOC(=O)CCC(=O)OCc3ccccc3)cccc2c1Nc1ccccc1C. The number of Topliss-reactive ketones (excluding diaryl/α,β-unsaturated/α-hetero) is 1. The largest absolute Gasteiger partial charge is 0.488 e. The lowest BCUT2D eigenvalue weighted by molar-refractivity contribution is -0.151. The fourth-order valence-electron chi connectivity index (χ4n) is 4.09. The normalized spacial score (nSPS) is 10.7. The van der Waals surface area contributed by atoms with E-state index in [2.05, 4.69) is 10.3 Å². The van der Waals surface area contributed by atoms with Crippen LogP contribution in [0.1, 0.15) is 47.7 Å². The molecule has 0 atom stereocenters. The number of hydrogen-bond donors (Lipinski definition) is 1. The average Bonchev–Trinajstić information content (AvgIpc) is 2.98. The highest BCUT2D eigenvalue weighted by Gasteiger charge is 2.17. The summed E-state index contributed by atoms with van der Waals surface area (Å²) in [5, 5.41) is 4.17. The Kier molecular flexibility index (Phi) is 9.83. The highest BCUT2D eigenvalue weighted by Crippen LogP contribution is 2.34. The lowest BCUT2D eigenvalue weighted by Crippen LogP contribution is -2.14. The number of para-hydroxylation sites is 2. The van der Waals surface area contributed by atoms with E-state index in [-0.39, 0.29) is 38.4 Å². The van der Waals surface area contributed by atoms with Gasteiger partial charge in [-0.05, 0) is 30.2 Å². The summed E-state index contributed by atoms with van der Waals surface area (Å²) in [6.45, 7) is 4.09. The third kappa shape index (κ3) is 7.44. The molecule has 1 heterocycles. The van der Waals surface area contributed by atoms with Gasteiger partial charge in [0.05, 0.1) is 24.1 Å². The maximum Gasteiger partial charge on any atom is 0.306 e. The summed E-state index contributed by atoms with van der Waals surface area (Å²) in [4.78, 5) is 41.3. The minimum atomic E-state index is -0.510. The molecule has 3 aromatic carbocycles. The molecule has 0 spiro atoms. The van der Waals surface area contributed by atoms with E-state index in [0.29, 0.717) is 28.9 Å². The fourth-order valence-corrected chi connectivity index (χ4v) is 4.09. The molecular weight excluding hydrogens is 508 g/mol. The molecule has 1 aromatic heterocycles. The number of rotatable bonds is 13. The first-order chi connectivity index (χ1) is 19.5. The van der Waals surface area contributed by atoms with E-state index >= 15 is 0 Å². The number of ketones is 1. The first-order valence-electron chi connectivity index (χ1n) is 13.2. The molecule has 4 aromatic rings. The van der Waals surface area contributed by atoms with Crippen LogP contribution in [0.5, 0.6) is 5.75 Å². The van der Waals surface area contributed by atoms with Crippen molar-refractivity contribution in [2.75, 3.05) is 18.5 Å². The molecule has 206 valence electrons. The topological polar surface area (TPSA) is 104 Å². The molecule has 8 nitrogen and oxygen atoms in total. The van der Waals surface area contributed by atoms with E-state index in [1.807, 2.05) is 80.6 Å². The molecule has 0 saturated carbocycles. The second-order valence-corrected chi connectivity index (χ2v) is 9.13. The molecule has 0 amide bonds. The number of hydrogen-bond acceptors (Lipinski definition) is 8. The number of aromatic nitrogens is 1. The van der Waals surface area contributed by atoms with Crippen LogP contribution in [0.4, 0.5) is 11.4 Å². The summed E-state index contributed by atoms with van der Waals surface area (Å²) >= 11 is 0. The molecule has 0 unspecified atom stereocenters. The maximum atomic E-state index is 12.7. The van der Waals surface area contributed by atoms with Gasteiger partial charge in [0.2, 0.25) is 0 Å². The van der Waals surface area contributed by atoms with Crippen LogP contribution in [0.2, 0.25) is 0 Å². The molecular formula is C32H32N2O6. The van der Waals surface area contributed by atoms with Crippen molar-refractivity contribution in [3.63, 3.8) is 0 Å². The minimum Gasteiger partial charge on any atom is -0.488 e. The molecule has 0 saturated heterocycles. The molecule has 0 aliphatic rings. The van der Waals surface area contributed by atoms with Crippen LogP contribution in [0.15, 0.2) is 79.0 Å². The number of benzene rings is 3. The zero-order chi connectivity index (χ0) is 28.3. The Morgan fingerprint density at radius 1 is 0.825 bits per heavy atom. The van der Waals surface area contributed by atoms with E-state index < -0.39 is 11.9 Å². The van der Waals surface area contributed by atoms with Gasteiger partial charge in [0.15, 0.2) is 5.78 Å². The van der Waals surface area contributed by atoms with E-state index in [4.69, 9.17) is 14.2 Å². The summed E-state index contributed by atoms with van der Waals surface area (Å²) in [7, 11) is 0.